The van der Waals surface area contributed by atoms with Gasteiger partial charge in [-0.25, -0.2) is 16.8 Å². The number of nitrogens with zero attached hydrogens (tertiary/aromatic N) is 1. The normalized spacial score (nSPS) is 12.8. The van der Waals surface area contributed by atoms with E-state index in [0.29, 0.717) is 0 Å². The van der Waals surface area contributed by atoms with Crippen molar-refractivity contribution < 1.29 is 16.8 Å². The molecule has 0 radical (unpaired) electrons. The molecule has 108 valence electrons. The Morgan fingerprint density at radius 3 is 2.37 bits per heavy atom. The Morgan fingerprint density at radius 2 is 1.89 bits per heavy atom. The molecule has 7 nitrogen and oxygen atoms in total. The number of H-pyrrole nitrogens is 1. The molecule has 0 aliphatic heterocycles. The minimum absolute atomic E-state index is 0.183. The van der Waals surface area contributed by atoms with Crippen molar-refractivity contribution in [3.8, 4) is 0 Å². The molecule has 1 N–H and O–H groups in total. The van der Waals surface area contributed by atoms with Crippen LogP contribution < -0.4 is 5.56 Å². The quantitative estimate of drug-likeness (QED) is 0.798. The second-order valence-electron chi connectivity index (χ2n) is 3.97. The number of nitrogens with one attached hydrogen (secondary N) is 1. The molecule has 1 aromatic heterocycles. The fourth-order valence-electron chi connectivity index (χ4n) is 1.18. The Kier molecular flexibility index (Phi) is 4.77. The van der Waals surface area contributed by atoms with Gasteiger partial charge < -0.3 is 4.98 Å². The maximum absolute atomic E-state index is 12.1. The number of sulfone groups is 1. The number of sulfonamides is 1. The van der Waals surface area contributed by atoms with E-state index in [1.165, 1.54) is 7.05 Å². The first-order chi connectivity index (χ1) is 8.54. The highest BCUT2D eigenvalue weighted by Crippen LogP contribution is 2.15. The van der Waals surface area contributed by atoms with Crippen molar-refractivity contribution in [2.45, 2.75) is 4.90 Å². The summed E-state index contributed by atoms with van der Waals surface area (Å²) in [5, 5.41) is -0.252. The maximum atomic E-state index is 12.1. The third-order valence-electron chi connectivity index (χ3n) is 2.32. The molecule has 0 unspecified atom stereocenters. The summed E-state index contributed by atoms with van der Waals surface area (Å²) in [5.41, 5.74) is -0.598. The number of aromatic nitrogens is 1. The second kappa shape index (κ2) is 5.61. The van der Waals surface area contributed by atoms with E-state index >= 15 is 0 Å². The monoisotopic (exact) mass is 328 g/mol. The van der Waals surface area contributed by atoms with E-state index in [-0.39, 0.29) is 22.2 Å². The van der Waals surface area contributed by atoms with Crippen molar-refractivity contribution in [1.29, 1.82) is 0 Å². The third-order valence-corrected chi connectivity index (χ3v) is 5.36. The lowest BCUT2D eigenvalue weighted by Gasteiger charge is -2.16. The number of rotatable bonds is 5. The molecular weight excluding hydrogens is 316 g/mol. The average molecular weight is 329 g/mol. The average Bonchev–Trinajstić information content (AvgIpc) is 2.28. The van der Waals surface area contributed by atoms with Gasteiger partial charge in [-0.05, 0) is 6.07 Å². The highest BCUT2D eigenvalue weighted by Gasteiger charge is 2.22. The maximum Gasteiger partial charge on any atom is 0.266 e. The minimum atomic E-state index is -3.89. The Bertz CT molecular complexity index is 723. The van der Waals surface area contributed by atoms with Gasteiger partial charge in [-0.2, -0.15) is 4.31 Å². The molecule has 0 atom stereocenters. The Labute approximate surface area is 116 Å². The molecule has 19 heavy (non-hydrogen) atoms. The molecule has 1 aromatic rings. The standard InChI is InChI=1S/C9H13ClN2O5S2/c1-12(3-4-18(2,14)15)19(16,17)7-5-8(10)9(13)11-6-7/h5-6H,3-4H2,1-2H3,(H,11,13). The number of halogens is 1. The van der Waals surface area contributed by atoms with Gasteiger partial charge in [-0.15, -0.1) is 0 Å². The van der Waals surface area contributed by atoms with Crippen LogP contribution in [0.25, 0.3) is 0 Å². The first kappa shape index (κ1) is 16.2. The summed E-state index contributed by atoms with van der Waals surface area (Å²) < 4.78 is 47.0. The number of hydrogen-bond acceptors (Lipinski definition) is 5. The largest absolute Gasteiger partial charge is 0.326 e. The van der Waals surface area contributed by atoms with Gasteiger partial charge in [0.2, 0.25) is 10.0 Å². The molecule has 0 amide bonds. The van der Waals surface area contributed by atoms with E-state index in [2.05, 4.69) is 4.98 Å². The van der Waals surface area contributed by atoms with Gasteiger partial charge in [-0.1, -0.05) is 11.6 Å². The van der Waals surface area contributed by atoms with E-state index in [9.17, 15) is 21.6 Å². The number of hydrogen-bond donors (Lipinski definition) is 1. The van der Waals surface area contributed by atoms with Crippen LogP contribution in [-0.2, 0) is 19.9 Å². The molecule has 0 aliphatic rings. The summed E-state index contributed by atoms with van der Waals surface area (Å²) in [6.07, 6.45) is 2.03. The van der Waals surface area contributed by atoms with Gasteiger partial charge >= 0.3 is 0 Å². The van der Waals surface area contributed by atoms with Gasteiger partial charge in [0.1, 0.15) is 14.9 Å². The predicted octanol–water partition coefficient (Wildman–Crippen LogP) is -0.307. The van der Waals surface area contributed by atoms with Crippen LogP contribution in [0.1, 0.15) is 0 Å². The van der Waals surface area contributed by atoms with Gasteiger partial charge in [0.15, 0.2) is 0 Å². The molecule has 0 bridgehead atoms. The van der Waals surface area contributed by atoms with Crippen LogP contribution in [0.3, 0.4) is 0 Å². The third kappa shape index (κ3) is 4.30. The summed E-state index contributed by atoms with van der Waals surface area (Å²) >= 11 is 5.55. The van der Waals surface area contributed by atoms with Crippen LogP contribution in [-0.4, -0.2) is 51.7 Å². The van der Waals surface area contributed by atoms with E-state index in [4.69, 9.17) is 11.6 Å². The van der Waals surface area contributed by atoms with Crippen LogP contribution in [0.15, 0.2) is 22.0 Å². The molecule has 10 heteroatoms. The van der Waals surface area contributed by atoms with Crippen LogP contribution in [0.5, 0.6) is 0 Å². The lowest BCUT2D eigenvalue weighted by Crippen LogP contribution is -2.32. The fourth-order valence-corrected chi connectivity index (χ4v) is 3.31. The molecule has 0 aromatic carbocycles. The molecule has 1 rings (SSSR count). The zero-order chi connectivity index (χ0) is 14.8. The van der Waals surface area contributed by atoms with Crippen LogP contribution in [0.4, 0.5) is 0 Å². The number of aromatic amines is 1. The van der Waals surface area contributed by atoms with Gasteiger partial charge in [0.25, 0.3) is 5.56 Å². The van der Waals surface area contributed by atoms with Crippen molar-refractivity contribution in [3.63, 3.8) is 0 Å². The van der Waals surface area contributed by atoms with Gasteiger partial charge in [-0.3, -0.25) is 4.79 Å². The topological polar surface area (TPSA) is 104 Å². The molecule has 0 saturated heterocycles. The highest BCUT2D eigenvalue weighted by molar-refractivity contribution is 7.91. The second-order valence-corrected chi connectivity index (χ2v) is 8.68. The van der Waals surface area contributed by atoms with Gasteiger partial charge in [0.05, 0.1) is 10.6 Å². The van der Waals surface area contributed by atoms with Crippen molar-refractivity contribution >= 4 is 31.5 Å². The Balaban J connectivity index is 3.03. The lowest BCUT2D eigenvalue weighted by atomic mass is 10.5. The van der Waals surface area contributed by atoms with E-state index in [1.807, 2.05) is 0 Å². The van der Waals surface area contributed by atoms with Crippen molar-refractivity contribution in [3.05, 3.63) is 27.6 Å². The zero-order valence-corrected chi connectivity index (χ0v) is 12.6. The Hall–Kier alpha value is -0.900. The zero-order valence-electron chi connectivity index (χ0n) is 10.3. The smallest absolute Gasteiger partial charge is 0.266 e. The molecular formula is C9H13ClN2O5S2. The summed E-state index contributed by atoms with van der Waals surface area (Å²) in [4.78, 5) is 13.0. The van der Waals surface area contributed by atoms with Crippen LogP contribution in [0.2, 0.25) is 5.02 Å². The molecule has 0 aliphatic carbocycles. The summed E-state index contributed by atoms with van der Waals surface area (Å²) in [6.45, 7) is -0.183. The summed E-state index contributed by atoms with van der Waals surface area (Å²) in [5.74, 6) is -0.292. The molecule has 0 spiro atoms. The van der Waals surface area contributed by atoms with E-state index < -0.39 is 25.4 Å². The van der Waals surface area contributed by atoms with E-state index in [1.54, 1.807) is 0 Å². The minimum Gasteiger partial charge on any atom is -0.326 e. The van der Waals surface area contributed by atoms with Crippen molar-refractivity contribution in [2.75, 3.05) is 25.6 Å². The van der Waals surface area contributed by atoms with Crippen molar-refractivity contribution in [2.24, 2.45) is 0 Å². The van der Waals surface area contributed by atoms with E-state index in [0.717, 1.165) is 22.8 Å². The molecule has 0 fully saturated rings. The first-order valence-electron chi connectivity index (χ1n) is 5.06. The molecule has 1 heterocycles. The Morgan fingerprint density at radius 1 is 1.32 bits per heavy atom. The lowest BCUT2D eigenvalue weighted by molar-refractivity contribution is 0.484. The van der Waals surface area contributed by atoms with Crippen molar-refractivity contribution in [1.82, 2.24) is 9.29 Å². The summed E-state index contributed by atoms with van der Waals surface area (Å²) in [6, 6.07) is 1.02. The highest BCUT2D eigenvalue weighted by atomic mass is 35.5. The molecule has 0 saturated carbocycles. The number of pyridine rings is 1. The van der Waals surface area contributed by atoms with Crippen LogP contribution in [0, 0.1) is 0 Å². The summed E-state index contributed by atoms with van der Waals surface area (Å²) in [7, 11) is -5.90. The predicted molar refractivity (Wildman–Crippen MR) is 71.6 cm³/mol. The first-order valence-corrected chi connectivity index (χ1v) is 8.94. The van der Waals surface area contributed by atoms with Gasteiger partial charge in [0, 0.05) is 26.0 Å². The fraction of sp³-hybridized carbons (Fsp3) is 0.444. The SMILES string of the molecule is CN(CCS(C)(=O)=O)S(=O)(=O)c1c[nH]c(=O)c(Cl)c1. The van der Waals surface area contributed by atoms with Crippen LogP contribution >= 0.6 is 11.6 Å².